The fourth-order valence-corrected chi connectivity index (χ4v) is 4.89. The van der Waals surface area contributed by atoms with Crippen molar-refractivity contribution in [2.75, 3.05) is 0 Å². The highest BCUT2D eigenvalue weighted by molar-refractivity contribution is 7.89. The molecule has 4 nitrogen and oxygen atoms in total. The molecular weight excluding hydrogens is 262 g/mol. The van der Waals surface area contributed by atoms with Crippen molar-refractivity contribution in [3.05, 3.63) is 29.8 Å². The van der Waals surface area contributed by atoms with Crippen LogP contribution < -0.4 is 0 Å². The lowest BCUT2D eigenvalue weighted by molar-refractivity contribution is -0.118. The Morgan fingerprint density at radius 1 is 1.26 bits per heavy atom. The molecule has 0 saturated carbocycles. The van der Waals surface area contributed by atoms with Gasteiger partial charge in [0, 0.05) is 12.0 Å². The SMILES string of the molecule is CC(=O)C[C@H]1c2ccccc2S(=O)(=O)N1C(C)(C)C. The number of hydrogen-bond acceptors (Lipinski definition) is 3. The zero-order valence-electron chi connectivity index (χ0n) is 11.7. The summed E-state index contributed by atoms with van der Waals surface area (Å²) >= 11 is 0. The molecule has 2 rings (SSSR count). The van der Waals surface area contributed by atoms with Gasteiger partial charge in [-0.05, 0) is 39.3 Å². The first kappa shape index (κ1) is 14.2. The second-order valence-electron chi connectivity index (χ2n) is 5.93. The summed E-state index contributed by atoms with van der Waals surface area (Å²) in [5.41, 5.74) is 0.172. The Balaban J connectivity index is 2.65. The van der Waals surface area contributed by atoms with Gasteiger partial charge in [0.1, 0.15) is 5.78 Å². The summed E-state index contributed by atoms with van der Waals surface area (Å²) in [4.78, 5) is 11.8. The molecule has 5 heteroatoms. The first-order chi connectivity index (χ1) is 8.65. The van der Waals surface area contributed by atoms with E-state index in [4.69, 9.17) is 0 Å². The first-order valence-electron chi connectivity index (χ1n) is 6.28. The normalized spacial score (nSPS) is 22.2. The van der Waals surface area contributed by atoms with Crippen LogP contribution in [0, 0.1) is 0 Å². The molecule has 1 aliphatic heterocycles. The summed E-state index contributed by atoms with van der Waals surface area (Å²) in [6.45, 7) is 7.05. The average Bonchev–Trinajstić information content (AvgIpc) is 2.46. The summed E-state index contributed by atoms with van der Waals surface area (Å²) in [5, 5.41) is 0. The highest BCUT2D eigenvalue weighted by atomic mass is 32.2. The number of fused-ring (bicyclic) bond motifs is 1. The van der Waals surface area contributed by atoms with Crippen molar-refractivity contribution >= 4 is 15.8 Å². The van der Waals surface area contributed by atoms with E-state index in [0.29, 0.717) is 4.90 Å². The molecule has 0 unspecified atom stereocenters. The third kappa shape index (κ3) is 2.32. The minimum Gasteiger partial charge on any atom is -0.300 e. The van der Waals surface area contributed by atoms with E-state index >= 15 is 0 Å². The lowest BCUT2D eigenvalue weighted by Gasteiger charge is -2.35. The maximum absolute atomic E-state index is 12.6. The van der Waals surface area contributed by atoms with Crippen LogP contribution in [0.25, 0.3) is 0 Å². The second-order valence-corrected chi connectivity index (χ2v) is 7.71. The molecule has 0 saturated heterocycles. The van der Waals surface area contributed by atoms with Crippen LogP contribution in [0.4, 0.5) is 0 Å². The fourth-order valence-electron chi connectivity index (χ4n) is 2.68. The topological polar surface area (TPSA) is 54.5 Å². The Kier molecular flexibility index (Phi) is 3.31. The smallest absolute Gasteiger partial charge is 0.244 e. The van der Waals surface area contributed by atoms with Crippen molar-refractivity contribution in [1.29, 1.82) is 0 Å². The first-order valence-corrected chi connectivity index (χ1v) is 7.72. The molecule has 0 N–H and O–H groups in total. The van der Waals surface area contributed by atoms with Crippen LogP contribution in [0.1, 0.15) is 45.7 Å². The number of rotatable bonds is 2. The van der Waals surface area contributed by atoms with Crippen molar-refractivity contribution in [2.24, 2.45) is 0 Å². The number of sulfonamides is 1. The monoisotopic (exact) mass is 281 g/mol. The Labute approximate surface area is 114 Å². The largest absolute Gasteiger partial charge is 0.300 e. The van der Waals surface area contributed by atoms with Crippen LogP contribution in [0.3, 0.4) is 0 Å². The molecule has 0 bridgehead atoms. The molecule has 1 heterocycles. The van der Waals surface area contributed by atoms with Gasteiger partial charge >= 0.3 is 0 Å². The van der Waals surface area contributed by atoms with E-state index in [2.05, 4.69) is 0 Å². The third-order valence-corrected chi connectivity index (χ3v) is 5.49. The van der Waals surface area contributed by atoms with Crippen LogP contribution >= 0.6 is 0 Å². The molecule has 0 amide bonds. The fraction of sp³-hybridized carbons (Fsp3) is 0.500. The molecule has 0 spiro atoms. The maximum Gasteiger partial charge on any atom is 0.244 e. The van der Waals surface area contributed by atoms with E-state index in [0.717, 1.165) is 5.56 Å². The van der Waals surface area contributed by atoms with Gasteiger partial charge in [-0.3, -0.25) is 4.79 Å². The van der Waals surface area contributed by atoms with Crippen LogP contribution in [0.2, 0.25) is 0 Å². The van der Waals surface area contributed by atoms with Gasteiger partial charge in [0.15, 0.2) is 0 Å². The lowest BCUT2D eigenvalue weighted by Crippen LogP contribution is -2.44. The van der Waals surface area contributed by atoms with Gasteiger partial charge < -0.3 is 0 Å². The zero-order chi connectivity index (χ0) is 14.4. The van der Waals surface area contributed by atoms with Gasteiger partial charge in [0.25, 0.3) is 0 Å². The van der Waals surface area contributed by atoms with E-state index in [1.54, 1.807) is 18.2 Å². The standard InChI is InChI=1S/C14H19NO3S/c1-10(16)9-12-11-7-5-6-8-13(11)19(17,18)15(12)14(2,3)4/h5-8,12H,9H2,1-4H3/t12-/m0/s1. The van der Waals surface area contributed by atoms with Gasteiger partial charge in [0.05, 0.1) is 10.9 Å². The van der Waals surface area contributed by atoms with Crippen molar-refractivity contribution in [2.45, 2.75) is 50.6 Å². The van der Waals surface area contributed by atoms with Crippen LogP contribution in [0.5, 0.6) is 0 Å². The predicted octanol–water partition coefficient (Wildman–Crippen LogP) is 2.51. The van der Waals surface area contributed by atoms with Gasteiger partial charge in [-0.25, -0.2) is 8.42 Å². The molecule has 0 fully saturated rings. The Hall–Kier alpha value is -1.20. The van der Waals surface area contributed by atoms with Gasteiger partial charge in [-0.15, -0.1) is 0 Å². The van der Waals surface area contributed by atoms with E-state index in [1.807, 2.05) is 26.8 Å². The Morgan fingerprint density at radius 2 is 1.84 bits per heavy atom. The minimum absolute atomic E-state index is 0.00819. The molecule has 0 aliphatic carbocycles. The molecule has 0 radical (unpaired) electrons. The highest BCUT2D eigenvalue weighted by Gasteiger charge is 2.47. The quantitative estimate of drug-likeness (QED) is 0.837. The van der Waals surface area contributed by atoms with E-state index < -0.39 is 21.6 Å². The number of hydrogen-bond donors (Lipinski definition) is 0. The van der Waals surface area contributed by atoms with Crippen LogP contribution in [-0.2, 0) is 14.8 Å². The second kappa shape index (κ2) is 4.42. The van der Waals surface area contributed by atoms with Crippen molar-refractivity contribution in [1.82, 2.24) is 4.31 Å². The van der Waals surface area contributed by atoms with Crippen LogP contribution in [-0.4, -0.2) is 24.0 Å². The number of ketones is 1. The van der Waals surface area contributed by atoms with Gasteiger partial charge in [-0.1, -0.05) is 18.2 Å². The summed E-state index contributed by atoms with van der Waals surface area (Å²) in [5.74, 6) is -0.00819. The molecule has 1 atom stereocenters. The number of carbonyl (C=O) groups is 1. The zero-order valence-corrected chi connectivity index (χ0v) is 12.5. The average molecular weight is 281 g/mol. The number of carbonyl (C=O) groups excluding carboxylic acids is 1. The predicted molar refractivity (Wildman–Crippen MR) is 73.3 cm³/mol. The van der Waals surface area contributed by atoms with E-state index in [9.17, 15) is 13.2 Å². The molecule has 1 aromatic carbocycles. The molecule has 104 valence electrons. The molecule has 19 heavy (non-hydrogen) atoms. The lowest BCUT2D eigenvalue weighted by atomic mass is 9.98. The summed E-state index contributed by atoms with van der Waals surface area (Å²) in [7, 11) is -3.52. The number of benzene rings is 1. The number of nitrogens with zero attached hydrogens (tertiary/aromatic N) is 1. The molecular formula is C14H19NO3S. The molecule has 1 aliphatic rings. The summed E-state index contributed by atoms with van der Waals surface area (Å²) in [6.07, 6.45) is 0.216. The van der Waals surface area contributed by atoms with Crippen molar-refractivity contribution in [3.8, 4) is 0 Å². The maximum atomic E-state index is 12.6. The molecule has 1 aromatic rings. The molecule has 0 aromatic heterocycles. The minimum atomic E-state index is -3.52. The van der Waals surface area contributed by atoms with Gasteiger partial charge in [0.2, 0.25) is 10.0 Å². The van der Waals surface area contributed by atoms with Crippen molar-refractivity contribution in [3.63, 3.8) is 0 Å². The Morgan fingerprint density at radius 3 is 2.37 bits per heavy atom. The third-order valence-electron chi connectivity index (χ3n) is 3.24. The van der Waals surface area contributed by atoms with Crippen LogP contribution in [0.15, 0.2) is 29.2 Å². The van der Waals surface area contributed by atoms with Crippen molar-refractivity contribution < 1.29 is 13.2 Å². The van der Waals surface area contributed by atoms with E-state index in [1.165, 1.54) is 11.2 Å². The Bertz CT molecular complexity index is 614. The van der Waals surface area contributed by atoms with Gasteiger partial charge in [-0.2, -0.15) is 4.31 Å². The summed E-state index contributed by atoms with van der Waals surface area (Å²) in [6, 6.07) is 6.55. The van der Waals surface area contributed by atoms with E-state index in [-0.39, 0.29) is 12.2 Å². The summed E-state index contributed by atoms with van der Waals surface area (Å²) < 4.78 is 26.7. The highest BCUT2D eigenvalue weighted by Crippen LogP contribution is 2.45. The number of Topliss-reactive ketones (excluding diaryl/α,β-unsaturated/α-hetero) is 1.